The van der Waals surface area contributed by atoms with Gasteiger partial charge in [-0.05, 0) is 36.4 Å². The van der Waals surface area contributed by atoms with Crippen molar-refractivity contribution in [1.29, 1.82) is 0 Å². The van der Waals surface area contributed by atoms with E-state index in [9.17, 15) is 13.2 Å². The number of benzene rings is 2. The molecule has 0 saturated carbocycles. The van der Waals surface area contributed by atoms with E-state index in [-0.39, 0.29) is 12.3 Å². The van der Waals surface area contributed by atoms with Crippen LogP contribution in [0.2, 0.25) is 10.0 Å². The Bertz CT molecular complexity index is 855. The first-order valence-corrected chi connectivity index (χ1v) is 9.69. The monoisotopic (exact) mass is 401 g/mol. The van der Waals surface area contributed by atoms with Crippen LogP contribution in [0.25, 0.3) is 0 Å². The first-order chi connectivity index (χ1) is 11.8. The van der Waals surface area contributed by atoms with Gasteiger partial charge in [0.25, 0.3) is 0 Å². The quantitative estimate of drug-likeness (QED) is 0.693. The lowest BCUT2D eigenvalue weighted by atomic mass is 10.1. The van der Waals surface area contributed by atoms with Crippen molar-refractivity contribution in [3.8, 4) is 0 Å². The summed E-state index contributed by atoms with van der Waals surface area (Å²) >= 11 is 11.9. The summed E-state index contributed by atoms with van der Waals surface area (Å²) in [4.78, 5) is 11.9. The first-order valence-electron chi connectivity index (χ1n) is 7.28. The number of halogens is 2. The SMILES string of the molecule is CNS(=O)(=O)Cc1ccc(CNC(=O)Nc2cc(Cl)ccc2Cl)cc1. The molecule has 0 aliphatic carbocycles. The van der Waals surface area contributed by atoms with E-state index >= 15 is 0 Å². The van der Waals surface area contributed by atoms with Gasteiger partial charge in [0, 0.05) is 11.6 Å². The molecule has 134 valence electrons. The summed E-state index contributed by atoms with van der Waals surface area (Å²) < 4.78 is 25.3. The lowest BCUT2D eigenvalue weighted by Crippen LogP contribution is -2.28. The Morgan fingerprint density at radius 2 is 1.68 bits per heavy atom. The van der Waals surface area contributed by atoms with E-state index in [1.807, 2.05) is 0 Å². The van der Waals surface area contributed by atoms with Crippen LogP contribution in [0.5, 0.6) is 0 Å². The van der Waals surface area contributed by atoms with E-state index in [1.165, 1.54) is 7.05 Å². The van der Waals surface area contributed by atoms with Crippen molar-refractivity contribution in [3.05, 3.63) is 63.6 Å². The maximum atomic E-state index is 11.9. The van der Waals surface area contributed by atoms with Crippen LogP contribution in [0, 0.1) is 0 Å². The highest BCUT2D eigenvalue weighted by Gasteiger charge is 2.09. The molecule has 9 heteroatoms. The van der Waals surface area contributed by atoms with Gasteiger partial charge >= 0.3 is 6.03 Å². The molecule has 0 heterocycles. The van der Waals surface area contributed by atoms with E-state index in [2.05, 4.69) is 15.4 Å². The topological polar surface area (TPSA) is 87.3 Å². The van der Waals surface area contributed by atoms with Gasteiger partial charge < -0.3 is 10.6 Å². The lowest BCUT2D eigenvalue weighted by Gasteiger charge is -2.10. The Balaban J connectivity index is 1.90. The van der Waals surface area contributed by atoms with Crippen LogP contribution >= 0.6 is 23.2 Å². The van der Waals surface area contributed by atoms with Gasteiger partial charge in [-0.3, -0.25) is 0 Å². The molecule has 2 amide bonds. The molecule has 6 nitrogen and oxygen atoms in total. The summed E-state index contributed by atoms with van der Waals surface area (Å²) in [6.45, 7) is 0.281. The largest absolute Gasteiger partial charge is 0.334 e. The Morgan fingerprint density at radius 1 is 1.04 bits per heavy atom. The predicted octanol–water partition coefficient (Wildman–Crippen LogP) is 3.36. The van der Waals surface area contributed by atoms with Crippen molar-refractivity contribution < 1.29 is 13.2 Å². The van der Waals surface area contributed by atoms with Crippen molar-refractivity contribution in [2.75, 3.05) is 12.4 Å². The molecule has 0 atom stereocenters. The first kappa shape index (κ1) is 19.5. The zero-order chi connectivity index (χ0) is 18.4. The average Bonchev–Trinajstić information content (AvgIpc) is 2.57. The van der Waals surface area contributed by atoms with Crippen molar-refractivity contribution in [3.63, 3.8) is 0 Å². The fourth-order valence-corrected chi connectivity index (χ4v) is 3.10. The molecule has 0 bridgehead atoms. The molecule has 0 saturated heterocycles. The van der Waals surface area contributed by atoms with Crippen LogP contribution < -0.4 is 15.4 Å². The van der Waals surface area contributed by atoms with Gasteiger partial charge in [-0.15, -0.1) is 0 Å². The van der Waals surface area contributed by atoms with Crippen molar-refractivity contribution in [1.82, 2.24) is 10.0 Å². The second-order valence-electron chi connectivity index (χ2n) is 5.21. The summed E-state index contributed by atoms with van der Waals surface area (Å²) in [6.07, 6.45) is 0. The van der Waals surface area contributed by atoms with Crippen LogP contribution in [-0.2, 0) is 22.3 Å². The Labute approximate surface area is 156 Å². The van der Waals surface area contributed by atoms with E-state index < -0.39 is 16.1 Å². The van der Waals surface area contributed by atoms with Gasteiger partial charge in [0.05, 0.1) is 16.5 Å². The molecule has 2 rings (SSSR count). The average molecular weight is 402 g/mol. The maximum absolute atomic E-state index is 11.9. The smallest absolute Gasteiger partial charge is 0.319 e. The van der Waals surface area contributed by atoms with Gasteiger partial charge in [-0.25, -0.2) is 17.9 Å². The number of carbonyl (C=O) groups excluding carboxylic acids is 1. The van der Waals surface area contributed by atoms with Gasteiger partial charge in [-0.2, -0.15) is 0 Å². The summed E-state index contributed by atoms with van der Waals surface area (Å²) in [5.74, 6) is -0.0923. The molecule has 0 fully saturated rings. The predicted molar refractivity (Wildman–Crippen MR) is 100 cm³/mol. The Hall–Kier alpha value is -1.80. The minimum atomic E-state index is -3.31. The zero-order valence-electron chi connectivity index (χ0n) is 13.3. The standard InChI is InChI=1S/C16H17Cl2N3O3S/c1-19-25(23,24)10-12-4-2-11(3-5-12)9-20-16(22)21-15-8-13(17)6-7-14(15)18/h2-8,19H,9-10H2,1H3,(H2,20,21,22). The zero-order valence-corrected chi connectivity index (χ0v) is 15.7. The third-order valence-electron chi connectivity index (χ3n) is 3.32. The van der Waals surface area contributed by atoms with Gasteiger partial charge in [0.2, 0.25) is 10.0 Å². The molecule has 3 N–H and O–H groups in total. The summed E-state index contributed by atoms with van der Waals surface area (Å²) in [5.41, 5.74) is 1.91. The molecule has 0 unspecified atom stereocenters. The number of nitrogens with one attached hydrogen (secondary N) is 3. The highest BCUT2D eigenvalue weighted by molar-refractivity contribution is 7.88. The van der Waals surface area contributed by atoms with Crippen molar-refractivity contribution in [2.24, 2.45) is 0 Å². The third kappa shape index (κ3) is 6.21. The molecule has 2 aromatic rings. The van der Waals surface area contributed by atoms with Gasteiger partial charge in [-0.1, -0.05) is 47.5 Å². The summed E-state index contributed by atoms with van der Waals surface area (Å²) in [7, 11) is -1.93. The fraction of sp³-hybridized carbons (Fsp3) is 0.188. The number of amides is 2. The third-order valence-corrected chi connectivity index (χ3v) is 5.22. The highest BCUT2D eigenvalue weighted by atomic mass is 35.5. The molecule has 0 spiro atoms. The van der Waals surface area contributed by atoms with Crippen LogP contribution in [0.4, 0.5) is 10.5 Å². The summed E-state index contributed by atoms with van der Waals surface area (Å²) in [5, 5.41) is 6.16. The van der Waals surface area contributed by atoms with Gasteiger partial charge in [0.1, 0.15) is 0 Å². The molecule has 2 aromatic carbocycles. The second kappa shape index (κ2) is 8.53. The molecular weight excluding hydrogens is 385 g/mol. The number of sulfonamides is 1. The molecular formula is C16H17Cl2N3O3S. The second-order valence-corrected chi connectivity index (χ2v) is 7.98. The van der Waals surface area contributed by atoms with Crippen LogP contribution in [0.3, 0.4) is 0 Å². The minimum absolute atomic E-state index is 0.0923. The number of carbonyl (C=O) groups is 1. The van der Waals surface area contributed by atoms with Crippen LogP contribution in [0.15, 0.2) is 42.5 Å². The number of urea groups is 1. The molecule has 0 aliphatic rings. The lowest BCUT2D eigenvalue weighted by molar-refractivity contribution is 0.251. The Kier molecular flexibility index (Phi) is 6.66. The minimum Gasteiger partial charge on any atom is -0.334 e. The molecule has 25 heavy (non-hydrogen) atoms. The van der Waals surface area contributed by atoms with Gasteiger partial charge in [0.15, 0.2) is 0 Å². The van der Waals surface area contributed by atoms with Crippen LogP contribution in [0.1, 0.15) is 11.1 Å². The van der Waals surface area contributed by atoms with E-state index in [4.69, 9.17) is 23.2 Å². The fourth-order valence-electron chi connectivity index (χ4n) is 1.99. The van der Waals surface area contributed by atoms with Crippen LogP contribution in [-0.4, -0.2) is 21.5 Å². The number of hydrogen-bond donors (Lipinski definition) is 3. The highest BCUT2D eigenvalue weighted by Crippen LogP contribution is 2.25. The van der Waals surface area contributed by atoms with E-state index in [0.29, 0.717) is 21.3 Å². The normalized spacial score (nSPS) is 11.2. The number of hydrogen-bond acceptors (Lipinski definition) is 3. The molecule has 0 aliphatic heterocycles. The summed E-state index contributed by atoms with van der Waals surface area (Å²) in [6, 6.07) is 11.3. The molecule has 0 radical (unpaired) electrons. The van der Waals surface area contributed by atoms with Crippen molar-refractivity contribution in [2.45, 2.75) is 12.3 Å². The maximum Gasteiger partial charge on any atom is 0.319 e. The van der Waals surface area contributed by atoms with E-state index in [1.54, 1.807) is 42.5 Å². The number of anilines is 1. The number of rotatable bonds is 6. The Morgan fingerprint density at radius 3 is 2.32 bits per heavy atom. The van der Waals surface area contributed by atoms with Crippen molar-refractivity contribution >= 4 is 44.9 Å². The van der Waals surface area contributed by atoms with E-state index in [0.717, 1.165) is 5.56 Å². The molecule has 0 aromatic heterocycles.